The lowest BCUT2D eigenvalue weighted by molar-refractivity contribution is -0.140. The largest absolute Gasteiger partial charge is 0.469 e. The monoisotopic (exact) mass is 368 g/mol. The topological polar surface area (TPSA) is 87.0 Å². The van der Waals surface area contributed by atoms with E-state index in [2.05, 4.69) is 23.8 Å². The van der Waals surface area contributed by atoms with E-state index >= 15 is 0 Å². The number of rotatable bonds is 12. The molecule has 26 heavy (non-hydrogen) atoms. The van der Waals surface area contributed by atoms with Gasteiger partial charge in [0.2, 0.25) is 0 Å². The van der Waals surface area contributed by atoms with Crippen LogP contribution >= 0.6 is 0 Å². The highest BCUT2D eigenvalue weighted by molar-refractivity contribution is 5.68. The highest BCUT2D eigenvalue weighted by atomic mass is 16.5. The van der Waals surface area contributed by atoms with E-state index in [1.165, 1.54) is 26.4 Å². The van der Waals surface area contributed by atoms with Crippen LogP contribution in [0.5, 0.6) is 0 Å². The molecule has 1 aliphatic rings. The SMILES string of the molecule is CCCCC/C=C\C[C@@H]1[C@H](/C=C/[C@@H](O)CCCC(=O)OC)[C@@H](O)C[C@H]1O. The maximum atomic E-state index is 11.1. The van der Waals surface area contributed by atoms with Crippen LogP contribution in [-0.4, -0.2) is 46.7 Å². The molecule has 0 aromatic rings. The number of methoxy groups -OCH3 is 1. The van der Waals surface area contributed by atoms with Gasteiger partial charge in [-0.05, 0) is 38.0 Å². The number of aliphatic hydroxyl groups is 3. The summed E-state index contributed by atoms with van der Waals surface area (Å²) in [5.41, 5.74) is 0. The molecule has 150 valence electrons. The molecular weight excluding hydrogens is 332 g/mol. The van der Waals surface area contributed by atoms with Gasteiger partial charge in [-0.1, -0.05) is 44.1 Å². The summed E-state index contributed by atoms with van der Waals surface area (Å²) in [6, 6.07) is 0. The summed E-state index contributed by atoms with van der Waals surface area (Å²) in [6.45, 7) is 2.18. The van der Waals surface area contributed by atoms with Gasteiger partial charge in [0, 0.05) is 18.8 Å². The van der Waals surface area contributed by atoms with E-state index in [0.29, 0.717) is 19.3 Å². The molecule has 1 saturated carbocycles. The molecule has 1 rings (SSSR count). The van der Waals surface area contributed by atoms with E-state index in [-0.39, 0.29) is 24.2 Å². The Labute approximate surface area is 157 Å². The second kappa shape index (κ2) is 13.1. The van der Waals surface area contributed by atoms with Crippen LogP contribution < -0.4 is 0 Å². The van der Waals surface area contributed by atoms with Gasteiger partial charge in [0.25, 0.3) is 0 Å². The third kappa shape index (κ3) is 8.47. The molecule has 0 aromatic heterocycles. The van der Waals surface area contributed by atoms with Crippen LogP contribution in [0.1, 0.15) is 64.7 Å². The third-order valence-electron chi connectivity index (χ3n) is 5.13. The Hall–Kier alpha value is -1.17. The van der Waals surface area contributed by atoms with Crippen molar-refractivity contribution < 1.29 is 24.9 Å². The Balaban J connectivity index is 2.46. The number of hydrogen-bond donors (Lipinski definition) is 3. The second-order valence-electron chi connectivity index (χ2n) is 7.24. The Morgan fingerprint density at radius 3 is 2.65 bits per heavy atom. The zero-order chi connectivity index (χ0) is 19.4. The van der Waals surface area contributed by atoms with Crippen molar-refractivity contribution in [2.45, 2.75) is 83.0 Å². The van der Waals surface area contributed by atoms with Crippen LogP contribution in [0.3, 0.4) is 0 Å². The third-order valence-corrected chi connectivity index (χ3v) is 5.13. The molecular formula is C21H36O5. The Kier molecular flexibility index (Phi) is 11.5. The molecule has 5 heteroatoms. The summed E-state index contributed by atoms with van der Waals surface area (Å²) in [6.07, 6.45) is 13.1. The van der Waals surface area contributed by atoms with Crippen molar-refractivity contribution in [3.05, 3.63) is 24.3 Å². The summed E-state index contributed by atoms with van der Waals surface area (Å²) < 4.78 is 4.58. The number of aliphatic hydroxyl groups excluding tert-OH is 3. The molecule has 0 spiro atoms. The molecule has 5 nitrogen and oxygen atoms in total. The Morgan fingerprint density at radius 2 is 1.96 bits per heavy atom. The van der Waals surface area contributed by atoms with Crippen LogP contribution in [0.25, 0.3) is 0 Å². The molecule has 0 amide bonds. The Bertz CT molecular complexity index is 446. The number of carbonyl (C=O) groups excluding carboxylic acids is 1. The molecule has 0 aliphatic heterocycles. The van der Waals surface area contributed by atoms with Crippen molar-refractivity contribution >= 4 is 5.97 Å². The number of allylic oxidation sites excluding steroid dienone is 2. The smallest absolute Gasteiger partial charge is 0.305 e. The summed E-state index contributed by atoms with van der Waals surface area (Å²) in [5.74, 6) is -0.451. The number of unbranched alkanes of at least 4 members (excludes halogenated alkanes) is 3. The van der Waals surface area contributed by atoms with E-state index in [1.807, 2.05) is 6.08 Å². The van der Waals surface area contributed by atoms with Gasteiger partial charge in [0.1, 0.15) is 0 Å². The molecule has 0 aromatic carbocycles. The Morgan fingerprint density at radius 1 is 1.19 bits per heavy atom. The lowest BCUT2D eigenvalue weighted by Gasteiger charge is -2.19. The minimum absolute atomic E-state index is 0.0223. The predicted octanol–water partition coefficient (Wildman–Crippen LogP) is 3.13. The molecule has 1 fully saturated rings. The van der Waals surface area contributed by atoms with Crippen molar-refractivity contribution in [1.29, 1.82) is 0 Å². The first kappa shape index (κ1) is 22.9. The highest BCUT2D eigenvalue weighted by Crippen LogP contribution is 2.36. The molecule has 3 N–H and O–H groups in total. The molecule has 0 heterocycles. The summed E-state index contributed by atoms with van der Waals surface area (Å²) in [4.78, 5) is 11.1. The van der Waals surface area contributed by atoms with Gasteiger partial charge in [-0.25, -0.2) is 0 Å². The molecule has 0 bridgehead atoms. The fourth-order valence-electron chi connectivity index (χ4n) is 3.50. The first-order valence-corrected chi connectivity index (χ1v) is 9.93. The van der Waals surface area contributed by atoms with Gasteiger partial charge < -0.3 is 20.1 Å². The van der Waals surface area contributed by atoms with Crippen LogP contribution in [0.4, 0.5) is 0 Å². The standard InChI is InChI=1S/C21H36O5/c1-3-4-5-6-7-8-11-17-18(20(24)15-19(17)23)14-13-16(22)10-9-12-21(25)26-2/h7-8,13-14,16-20,22-24H,3-6,9-12,15H2,1-2H3/b8-7-,14-13+/t16-,17+,18-,19+,20-/m0/s1. The van der Waals surface area contributed by atoms with Crippen LogP contribution in [-0.2, 0) is 9.53 Å². The maximum absolute atomic E-state index is 11.1. The molecule has 0 radical (unpaired) electrons. The van der Waals surface area contributed by atoms with E-state index in [1.54, 1.807) is 6.08 Å². The molecule has 0 saturated heterocycles. The minimum Gasteiger partial charge on any atom is -0.469 e. The van der Waals surface area contributed by atoms with E-state index in [0.717, 1.165) is 12.8 Å². The van der Waals surface area contributed by atoms with Crippen molar-refractivity contribution in [3.63, 3.8) is 0 Å². The average Bonchev–Trinajstić information content (AvgIpc) is 2.88. The van der Waals surface area contributed by atoms with Gasteiger partial charge in [-0.2, -0.15) is 0 Å². The van der Waals surface area contributed by atoms with Crippen molar-refractivity contribution in [2.75, 3.05) is 7.11 Å². The van der Waals surface area contributed by atoms with Gasteiger partial charge in [-0.3, -0.25) is 4.79 Å². The summed E-state index contributed by atoms with van der Waals surface area (Å²) in [7, 11) is 1.35. The zero-order valence-corrected chi connectivity index (χ0v) is 16.2. The number of ether oxygens (including phenoxy) is 1. The zero-order valence-electron chi connectivity index (χ0n) is 16.2. The van der Waals surface area contributed by atoms with Gasteiger partial charge in [-0.15, -0.1) is 0 Å². The first-order chi connectivity index (χ1) is 12.5. The maximum Gasteiger partial charge on any atom is 0.305 e. The highest BCUT2D eigenvalue weighted by Gasteiger charge is 2.39. The fourth-order valence-corrected chi connectivity index (χ4v) is 3.50. The van der Waals surface area contributed by atoms with Crippen LogP contribution in [0.15, 0.2) is 24.3 Å². The first-order valence-electron chi connectivity index (χ1n) is 9.93. The molecule has 1 aliphatic carbocycles. The fraction of sp³-hybridized carbons (Fsp3) is 0.762. The second-order valence-corrected chi connectivity index (χ2v) is 7.24. The molecule has 5 atom stereocenters. The quantitative estimate of drug-likeness (QED) is 0.280. The van der Waals surface area contributed by atoms with Gasteiger partial charge >= 0.3 is 5.97 Å². The van der Waals surface area contributed by atoms with E-state index in [4.69, 9.17) is 0 Å². The van der Waals surface area contributed by atoms with Crippen molar-refractivity contribution in [3.8, 4) is 0 Å². The summed E-state index contributed by atoms with van der Waals surface area (Å²) in [5, 5.41) is 30.5. The van der Waals surface area contributed by atoms with Crippen molar-refractivity contribution in [2.24, 2.45) is 11.8 Å². The average molecular weight is 369 g/mol. The van der Waals surface area contributed by atoms with E-state index < -0.39 is 18.3 Å². The van der Waals surface area contributed by atoms with Gasteiger partial charge in [0.15, 0.2) is 0 Å². The van der Waals surface area contributed by atoms with Crippen molar-refractivity contribution in [1.82, 2.24) is 0 Å². The van der Waals surface area contributed by atoms with Crippen LogP contribution in [0.2, 0.25) is 0 Å². The molecule has 0 unspecified atom stereocenters. The van der Waals surface area contributed by atoms with Crippen LogP contribution in [0, 0.1) is 11.8 Å². The normalized spacial score (nSPS) is 27.4. The predicted molar refractivity (Wildman–Crippen MR) is 103 cm³/mol. The lowest BCUT2D eigenvalue weighted by atomic mass is 9.89. The summed E-state index contributed by atoms with van der Waals surface area (Å²) >= 11 is 0. The van der Waals surface area contributed by atoms with E-state index in [9.17, 15) is 20.1 Å². The minimum atomic E-state index is -0.658. The number of esters is 1. The number of carbonyl (C=O) groups is 1. The van der Waals surface area contributed by atoms with Gasteiger partial charge in [0.05, 0.1) is 25.4 Å². The number of hydrogen-bond acceptors (Lipinski definition) is 5. The lowest BCUT2D eigenvalue weighted by Crippen LogP contribution is -2.20.